The van der Waals surface area contributed by atoms with Gasteiger partial charge in [0.25, 0.3) is 0 Å². The number of hydrogen-bond acceptors (Lipinski definition) is 3. The summed E-state index contributed by atoms with van der Waals surface area (Å²) < 4.78 is 12.3. The van der Waals surface area contributed by atoms with E-state index in [-0.39, 0.29) is 5.60 Å². The van der Waals surface area contributed by atoms with Crippen molar-refractivity contribution in [2.45, 2.75) is 45.3 Å². The fourth-order valence-corrected chi connectivity index (χ4v) is 1.77. The van der Waals surface area contributed by atoms with E-state index in [1.807, 2.05) is 32.9 Å². The van der Waals surface area contributed by atoms with Gasteiger partial charge in [-0.1, -0.05) is 0 Å². The van der Waals surface area contributed by atoms with Gasteiger partial charge < -0.3 is 9.47 Å². The predicted octanol–water partition coefficient (Wildman–Crippen LogP) is 3.40. The zero-order valence-corrected chi connectivity index (χ0v) is 11.9. The fraction of sp³-hybridized carbons (Fsp3) is 0.583. The molecular weight excluding hydrogens is 317 g/mol. The Balaban J connectivity index is 2.08. The summed E-state index contributed by atoms with van der Waals surface area (Å²) in [5, 5.41) is 0. The van der Waals surface area contributed by atoms with E-state index < -0.39 is 0 Å². The van der Waals surface area contributed by atoms with Crippen molar-refractivity contribution in [3.8, 4) is 11.6 Å². The molecule has 0 radical (unpaired) electrons. The van der Waals surface area contributed by atoms with Crippen LogP contribution in [0.1, 0.15) is 33.6 Å². The SMILES string of the molecule is CC(C)(C)Oc1ccc(OC2CC2)c(I)n1. The molecule has 1 aromatic rings. The highest BCUT2D eigenvalue weighted by molar-refractivity contribution is 14.1. The van der Waals surface area contributed by atoms with Crippen LogP contribution in [0.4, 0.5) is 0 Å². The number of halogens is 1. The zero-order chi connectivity index (χ0) is 11.8. The van der Waals surface area contributed by atoms with Crippen LogP contribution in [-0.2, 0) is 0 Å². The topological polar surface area (TPSA) is 31.4 Å². The Bertz CT molecular complexity index is 383. The Morgan fingerprint density at radius 2 is 2.00 bits per heavy atom. The molecule has 1 heterocycles. The molecule has 1 aliphatic rings. The van der Waals surface area contributed by atoms with Crippen molar-refractivity contribution in [1.82, 2.24) is 4.98 Å². The molecule has 2 rings (SSSR count). The van der Waals surface area contributed by atoms with Gasteiger partial charge in [0.1, 0.15) is 9.30 Å². The third-order valence-corrected chi connectivity index (χ3v) is 2.79. The number of nitrogens with zero attached hydrogens (tertiary/aromatic N) is 1. The first-order valence-electron chi connectivity index (χ1n) is 5.46. The second kappa shape index (κ2) is 4.39. The lowest BCUT2D eigenvalue weighted by atomic mass is 10.2. The number of rotatable bonds is 3. The molecule has 1 aliphatic carbocycles. The second-order valence-corrected chi connectivity index (χ2v) is 5.99. The molecule has 1 saturated carbocycles. The van der Waals surface area contributed by atoms with Crippen LogP contribution in [-0.4, -0.2) is 16.7 Å². The van der Waals surface area contributed by atoms with Gasteiger partial charge >= 0.3 is 0 Å². The summed E-state index contributed by atoms with van der Waals surface area (Å²) in [5.41, 5.74) is -0.213. The average molecular weight is 333 g/mol. The summed E-state index contributed by atoms with van der Waals surface area (Å²) in [6.07, 6.45) is 2.73. The van der Waals surface area contributed by atoms with Crippen LogP contribution >= 0.6 is 22.6 Å². The summed E-state index contributed by atoms with van der Waals surface area (Å²) >= 11 is 2.18. The van der Waals surface area contributed by atoms with Gasteiger partial charge in [-0.05, 0) is 62.3 Å². The van der Waals surface area contributed by atoms with Gasteiger partial charge in [-0.25, -0.2) is 4.98 Å². The maximum absolute atomic E-state index is 5.72. The average Bonchev–Trinajstić information content (AvgIpc) is 2.90. The molecule has 1 aromatic heterocycles. The van der Waals surface area contributed by atoms with E-state index in [4.69, 9.17) is 9.47 Å². The molecular formula is C12H16INO2. The van der Waals surface area contributed by atoms with Crippen molar-refractivity contribution in [2.24, 2.45) is 0 Å². The molecule has 0 aromatic carbocycles. The molecule has 0 atom stereocenters. The molecule has 0 amide bonds. The summed E-state index contributed by atoms with van der Waals surface area (Å²) in [6, 6.07) is 3.80. The standard InChI is InChI=1S/C12H16INO2/c1-12(2,3)16-10-7-6-9(11(13)14-10)15-8-4-5-8/h6-8H,4-5H2,1-3H3. The van der Waals surface area contributed by atoms with Crippen molar-refractivity contribution in [2.75, 3.05) is 0 Å². The monoisotopic (exact) mass is 333 g/mol. The molecule has 0 N–H and O–H groups in total. The van der Waals surface area contributed by atoms with Gasteiger partial charge in [0.05, 0.1) is 6.10 Å². The van der Waals surface area contributed by atoms with E-state index in [1.165, 1.54) is 0 Å². The Morgan fingerprint density at radius 3 is 2.50 bits per heavy atom. The molecule has 0 bridgehead atoms. The van der Waals surface area contributed by atoms with Gasteiger partial charge in [-0.3, -0.25) is 0 Å². The Labute approximate surface area is 110 Å². The molecule has 16 heavy (non-hydrogen) atoms. The molecule has 0 unspecified atom stereocenters. The van der Waals surface area contributed by atoms with Gasteiger partial charge in [0, 0.05) is 6.07 Å². The summed E-state index contributed by atoms with van der Waals surface area (Å²) in [4.78, 5) is 4.38. The first-order chi connectivity index (χ1) is 7.44. The van der Waals surface area contributed by atoms with Gasteiger partial charge in [-0.15, -0.1) is 0 Å². The lowest BCUT2D eigenvalue weighted by Gasteiger charge is -2.20. The fourth-order valence-electron chi connectivity index (χ4n) is 1.23. The number of pyridine rings is 1. The van der Waals surface area contributed by atoms with E-state index >= 15 is 0 Å². The van der Waals surface area contributed by atoms with Crippen LogP contribution in [0.25, 0.3) is 0 Å². The smallest absolute Gasteiger partial charge is 0.214 e. The van der Waals surface area contributed by atoms with Crippen molar-refractivity contribution >= 4 is 22.6 Å². The molecule has 88 valence electrons. The van der Waals surface area contributed by atoms with Gasteiger partial charge in [0.2, 0.25) is 5.88 Å². The molecule has 0 saturated heterocycles. The van der Waals surface area contributed by atoms with E-state index in [1.54, 1.807) is 0 Å². The van der Waals surface area contributed by atoms with E-state index in [0.717, 1.165) is 22.3 Å². The molecule has 3 nitrogen and oxygen atoms in total. The molecule has 1 fully saturated rings. The predicted molar refractivity (Wildman–Crippen MR) is 71.0 cm³/mol. The summed E-state index contributed by atoms with van der Waals surface area (Å²) in [5.74, 6) is 1.52. The molecule has 4 heteroatoms. The minimum Gasteiger partial charge on any atom is -0.488 e. The maximum atomic E-state index is 5.72. The van der Waals surface area contributed by atoms with Crippen molar-refractivity contribution in [1.29, 1.82) is 0 Å². The minimum atomic E-state index is -0.213. The number of ether oxygens (including phenoxy) is 2. The van der Waals surface area contributed by atoms with Gasteiger partial charge in [-0.2, -0.15) is 0 Å². The normalized spacial score (nSPS) is 16.0. The quantitative estimate of drug-likeness (QED) is 0.628. The number of hydrogen-bond donors (Lipinski definition) is 0. The van der Waals surface area contributed by atoms with Crippen LogP contribution in [0.5, 0.6) is 11.6 Å². The van der Waals surface area contributed by atoms with Crippen LogP contribution in [0.15, 0.2) is 12.1 Å². The largest absolute Gasteiger partial charge is 0.488 e. The maximum Gasteiger partial charge on any atom is 0.214 e. The number of aromatic nitrogens is 1. The van der Waals surface area contributed by atoms with Crippen LogP contribution in [0, 0.1) is 3.70 Å². The second-order valence-electron chi connectivity index (χ2n) is 4.97. The van der Waals surface area contributed by atoms with E-state index in [0.29, 0.717) is 12.0 Å². The third-order valence-electron chi connectivity index (χ3n) is 2.02. The Kier molecular flexibility index (Phi) is 3.28. The van der Waals surface area contributed by atoms with E-state index in [9.17, 15) is 0 Å². The van der Waals surface area contributed by atoms with E-state index in [2.05, 4.69) is 27.6 Å². The van der Waals surface area contributed by atoms with Crippen molar-refractivity contribution in [3.05, 3.63) is 15.8 Å². The van der Waals surface area contributed by atoms with Crippen LogP contribution in [0.3, 0.4) is 0 Å². The lowest BCUT2D eigenvalue weighted by molar-refractivity contribution is 0.123. The molecule has 0 spiro atoms. The van der Waals surface area contributed by atoms with Crippen molar-refractivity contribution < 1.29 is 9.47 Å². The third kappa shape index (κ3) is 3.50. The highest BCUT2D eigenvalue weighted by atomic mass is 127. The summed E-state index contributed by atoms with van der Waals surface area (Å²) in [7, 11) is 0. The lowest BCUT2D eigenvalue weighted by Crippen LogP contribution is -2.23. The van der Waals surface area contributed by atoms with Gasteiger partial charge in [0.15, 0.2) is 5.75 Å². The Morgan fingerprint density at radius 1 is 1.31 bits per heavy atom. The first-order valence-corrected chi connectivity index (χ1v) is 6.54. The first kappa shape index (κ1) is 12.0. The Hall–Kier alpha value is -0.520. The summed E-state index contributed by atoms with van der Waals surface area (Å²) in [6.45, 7) is 6.03. The van der Waals surface area contributed by atoms with Crippen molar-refractivity contribution in [3.63, 3.8) is 0 Å². The zero-order valence-electron chi connectivity index (χ0n) is 9.79. The minimum absolute atomic E-state index is 0.213. The van der Waals surface area contributed by atoms with Crippen LogP contribution < -0.4 is 9.47 Å². The highest BCUT2D eigenvalue weighted by Gasteiger charge is 2.24. The van der Waals surface area contributed by atoms with Crippen LogP contribution in [0.2, 0.25) is 0 Å². The molecule has 0 aliphatic heterocycles. The highest BCUT2D eigenvalue weighted by Crippen LogP contribution is 2.30.